The SMILES string of the molecule is COc1ccc(-c2nnc(NC(=O)c3ccc(S(=O)(=O)N(C)Cc4ccccc4)cc3)o2)cc1OC. The number of hydrogen-bond donors (Lipinski definition) is 1. The quantitative estimate of drug-likeness (QED) is 0.362. The number of hydrogen-bond acceptors (Lipinski definition) is 8. The van der Waals surface area contributed by atoms with E-state index in [0.29, 0.717) is 17.1 Å². The Labute approximate surface area is 208 Å². The molecule has 0 radical (unpaired) electrons. The Balaban J connectivity index is 1.44. The summed E-state index contributed by atoms with van der Waals surface area (Å²) >= 11 is 0. The second-order valence-corrected chi connectivity index (χ2v) is 9.75. The van der Waals surface area contributed by atoms with Crippen LogP contribution in [0.1, 0.15) is 15.9 Å². The fraction of sp³-hybridized carbons (Fsp3) is 0.160. The minimum atomic E-state index is -3.74. The van der Waals surface area contributed by atoms with Gasteiger partial charge in [-0.1, -0.05) is 35.4 Å². The Bertz CT molecular complexity index is 1450. The Kier molecular flexibility index (Phi) is 7.32. The number of benzene rings is 3. The van der Waals surface area contributed by atoms with Crippen molar-refractivity contribution in [3.05, 3.63) is 83.9 Å². The van der Waals surface area contributed by atoms with Crippen molar-refractivity contribution >= 4 is 21.9 Å². The molecule has 0 aliphatic carbocycles. The van der Waals surface area contributed by atoms with Crippen molar-refractivity contribution in [2.75, 3.05) is 26.6 Å². The largest absolute Gasteiger partial charge is 0.493 e. The van der Waals surface area contributed by atoms with E-state index in [9.17, 15) is 13.2 Å². The van der Waals surface area contributed by atoms with Gasteiger partial charge in [0.05, 0.1) is 19.1 Å². The standard InChI is InChI=1S/C25H24N4O6S/c1-29(16-17-7-5-4-6-8-17)36(31,32)20-12-9-18(10-13-20)23(30)26-25-28-27-24(35-25)19-11-14-21(33-2)22(15-19)34-3/h4-15H,16H2,1-3H3,(H,26,28,30). The second kappa shape index (κ2) is 10.6. The number of amides is 1. The van der Waals surface area contributed by atoms with Crippen LogP contribution >= 0.6 is 0 Å². The Morgan fingerprint density at radius 2 is 1.64 bits per heavy atom. The summed E-state index contributed by atoms with van der Waals surface area (Å²) in [6.07, 6.45) is 0. The molecule has 11 heteroatoms. The van der Waals surface area contributed by atoms with E-state index in [0.717, 1.165) is 5.56 Å². The molecule has 186 valence electrons. The number of rotatable bonds is 9. The molecule has 36 heavy (non-hydrogen) atoms. The number of sulfonamides is 1. The fourth-order valence-corrected chi connectivity index (χ4v) is 4.57. The third-order valence-corrected chi connectivity index (χ3v) is 7.17. The molecule has 0 aliphatic heterocycles. The van der Waals surface area contributed by atoms with Crippen molar-refractivity contribution in [3.63, 3.8) is 0 Å². The molecule has 4 rings (SSSR count). The van der Waals surface area contributed by atoms with Gasteiger partial charge in [0.25, 0.3) is 5.91 Å². The number of nitrogens with one attached hydrogen (secondary N) is 1. The maximum absolute atomic E-state index is 12.9. The average molecular weight is 509 g/mol. The third-order valence-electron chi connectivity index (χ3n) is 5.35. The topological polar surface area (TPSA) is 124 Å². The smallest absolute Gasteiger partial charge is 0.322 e. The summed E-state index contributed by atoms with van der Waals surface area (Å²) in [5.41, 5.74) is 1.67. The predicted octanol–water partition coefficient (Wildman–Crippen LogP) is 3.83. The molecular weight excluding hydrogens is 484 g/mol. The zero-order chi connectivity index (χ0) is 25.7. The van der Waals surface area contributed by atoms with E-state index in [1.807, 2.05) is 30.3 Å². The summed E-state index contributed by atoms with van der Waals surface area (Å²) in [4.78, 5) is 12.7. The summed E-state index contributed by atoms with van der Waals surface area (Å²) in [5.74, 6) is 0.683. The number of anilines is 1. The molecule has 0 fully saturated rings. The summed E-state index contributed by atoms with van der Waals surface area (Å²) < 4.78 is 43.1. The first-order chi connectivity index (χ1) is 17.3. The van der Waals surface area contributed by atoms with Gasteiger partial charge in [0.2, 0.25) is 15.9 Å². The maximum Gasteiger partial charge on any atom is 0.322 e. The molecule has 1 heterocycles. The predicted molar refractivity (Wildman–Crippen MR) is 132 cm³/mol. The van der Waals surface area contributed by atoms with E-state index >= 15 is 0 Å². The van der Waals surface area contributed by atoms with E-state index in [2.05, 4.69) is 15.5 Å². The maximum atomic E-state index is 12.9. The van der Waals surface area contributed by atoms with Crippen molar-refractivity contribution in [1.82, 2.24) is 14.5 Å². The van der Waals surface area contributed by atoms with Gasteiger partial charge in [0.15, 0.2) is 11.5 Å². The average Bonchev–Trinajstić information content (AvgIpc) is 3.37. The molecule has 1 amide bonds. The lowest BCUT2D eigenvalue weighted by Gasteiger charge is -2.17. The van der Waals surface area contributed by atoms with Gasteiger partial charge in [0.1, 0.15) is 0 Å². The number of ether oxygens (including phenoxy) is 2. The number of carbonyl (C=O) groups is 1. The Hall–Kier alpha value is -4.22. The molecule has 0 spiro atoms. The van der Waals surface area contributed by atoms with Crippen molar-refractivity contribution in [1.29, 1.82) is 0 Å². The molecule has 0 saturated carbocycles. The minimum absolute atomic E-state index is 0.0750. The van der Waals surface area contributed by atoms with Crippen LogP contribution in [0.5, 0.6) is 11.5 Å². The van der Waals surface area contributed by atoms with Gasteiger partial charge in [-0.3, -0.25) is 10.1 Å². The summed E-state index contributed by atoms with van der Waals surface area (Å²) in [5, 5.41) is 10.3. The number of carbonyl (C=O) groups excluding carboxylic acids is 1. The Morgan fingerprint density at radius 1 is 0.944 bits per heavy atom. The molecule has 1 aromatic heterocycles. The highest BCUT2D eigenvalue weighted by atomic mass is 32.2. The van der Waals surface area contributed by atoms with E-state index < -0.39 is 15.9 Å². The van der Waals surface area contributed by atoms with Crippen molar-refractivity contribution < 1.29 is 27.1 Å². The van der Waals surface area contributed by atoms with Gasteiger partial charge in [-0.05, 0) is 48.0 Å². The lowest BCUT2D eigenvalue weighted by molar-refractivity contribution is 0.102. The summed E-state index contributed by atoms with van der Waals surface area (Å²) in [6, 6.07) is 19.9. The van der Waals surface area contributed by atoms with Crippen molar-refractivity contribution in [2.24, 2.45) is 0 Å². The van der Waals surface area contributed by atoms with Crippen LogP contribution in [0.2, 0.25) is 0 Å². The van der Waals surface area contributed by atoms with Crippen LogP contribution < -0.4 is 14.8 Å². The lowest BCUT2D eigenvalue weighted by atomic mass is 10.2. The van der Waals surface area contributed by atoms with Gasteiger partial charge in [-0.2, -0.15) is 4.31 Å². The van der Waals surface area contributed by atoms with Crippen LogP contribution in [0.25, 0.3) is 11.5 Å². The van der Waals surface area contributed by atoms with E-state index in [1.54, 1.807) is 18.2 Å². The number of methoxy groups -OCH3 is 2. The van der Waals surface area contributed by atoms with Crippen LogP contribution in [-0.2, 0) is 16.6 Å². The first-order valence-electron chi connectivity index (χ1n) is 10.8. The molecule has 0 unspecified atom stereocenters. The zero-order valence-corrected chi connectivity index (χ0v) is 20.7. The summed E-state index contributed by atoms with van der Waals surface area (Å²) in [7, 11) is 0.817. The van der Waals surface area contributed by atoms with Crippen LogP contribution in [0.15, 0.2) is 82.1 Å². The van der Waals surface area contributed by atoms with Crippen LogP contribution in [-0.4, -0.2) is 50.1 Å². The second-order valence-electron chi connectivity index (χ2n) is 7.71. The first-order valence-corrected chi connectivity index (χ1v) is 12.2. The van der Waals surface area contributed by atoms with Gasteiger partial charge in [-0.15, -0.1) is 5.10 Å². The third kappa shape index (κ3) is 5.37. The molecule has 10 nitrogen and oxygen atoms in total. The van der Waals surface area contributed by atoms with E-state index in [1.165, 1.54) is 49.8 Å². The van der Waals surface area contributed by atoms with Gasteiger partial charge >= 0.3 is 6.01 Å². The van der Waals surface area contributed by atoms with Gasteiger partial charge in [0, 0.05) is 24.7 Å². The van der Waals surface area contributed by atoms with E-state index in [-0.39, 0.29) is 28.9 Å². The number of aromatic nitrogens is 2. The molecule has 0 bridgehead atoms. The van der Waals surface area contributed by atoms with Gasteiger partial charge < -0.3 is 13.9 Å². The monoisotopic (exact) mass is 508 g/mol. The van der Waals surface area contributed by atoms with Crippen LogP contribution in [0, 0.1) is 0 Å². The first kappa shape index (κ1) is 24.9. The van der Waals surface area contributed by atoms with Crippen molar-refractivity contribution in [3.8, 4) is 23.0 Å². The fourth-order valence-electron chi connectivity index (χ4n) is 3.41. The highest BCUT2D eigenvalue weighted by Gasteiger charge is 2.22. The minimum Gasteiger partial charge on any atom is -0.493 e. The van der Waals surface area contributed by atoms with Crippen LogP contribution in [0.3, 0.4) is 0 Å². The summed E-state index contributed by atoms with van der Waals surface area (Å²) in [6.45, 7) is 0.227. The van der Waals surface area contributed by atoms with Crippen LogP contribution in [0.4, 0.5) is 6.01 Å². The molecule has 0 atom stereocenters. The highest BCUT2D eigenvalue weighted by Crippen LogP contribution is 2.32. The molecule has 3 aromatic carbocycles. The Morgan fingerprint density at radius 3 is 2.31 bits per heavy atom. The number of nitrogens with zero attached hydrogens (tertiary/aromatic N) is 3. The molecule has 0 saturated heterocycles. The van der Waals surface area contributed by atoms with Gasteiger partial charge in [-0.25, -0.2) is 8.42 Å². The molecular formula is C25H24N4O6S. The van der Waals surface area contributed by atoms with Crippen molar-refractivity contribution in [2.45, 2.75) is 11.4 Å². The molecule has 4 aromatic rings. The lowest BCUT2D eigenvalue weighted by Crippen LogP contribution is -2.26. The highest BCUT2D eigenvalue weighted by molar-refractivity contribution is 7.89. The zero-order valence-electron chi connectivity index (χ0n) is 19.8. The molecule has 1 N–H and O–H groups in total. The normalized spacial score (nSPS) is 11.3. The van der Waals surface area contributed by atoms with E-state index in [4.69, 9.17) is 13.9 Å². The molecule has 0 aliphatic rings.